The van der Waals surface area contributed by atoms with Gasteiger partial charge in [0, 0.05) is 44.2 Å². The van der Waals surface area contributed by atoms with Crippen LogP contribution in [0.2, 0.25) is 0 Å². The minimum absolute atomic E-state index is 0.136. The molecule has 34 heavy (non-hydrogen) atoms. The number of ether oxygens (including phenoxy) is 1. The molecule has 2 heterocycles. The summed E-state index contributed by atoms with van der Waals surface area (Å²) in [6.45, 7) is 5.14. The first-order valence-electron chi connectivity index (χ1n) is 11.1. The van der Waals surface area contributed by atoms with Crippen LogP contribution in [0.3, 0.4) is 0 Å². The van der Waals surface area contributed by atoms with Crippen molar-refractivity contribution in [3.05, 3.63) is 65.2 Å². The lowest BCUT2D eigenvalue weighted by atomic mass is 10.1. The molecule has 2 N–H and O–H groups in total. The van der Waals surface area contributed by atoms with Crippen molar-refractivity contribution in [1.29, 1.82) is 5.26 Å². The summed E-state index contributed by atoms with van der Waals surface area (Å²) >= 11 is 1.19. The number of hydrogen-bond donors (Lipinski definition) is 2. The fraction of sp³-hybridized carbons (Fsp3) is 0.333. The highest BCUT2D eigenvalue weighted by Crippen LogP contribution is 2.23. The predicted molar refractivity (Wildman–Crippen MR) is 132 cm³/mol. The van der Waals surface area contributed by atoms with E-state index in [2.05, 4.69) is 26.7 Å². The molecule has 0 bridgehead atoms. The van der Waals surface area contributed by atoms with Crippen LogP contribution in [0.1, 0.15) is 16.7 Å². The molecule has 0 aromatic heterocycles. The van der Waals surface area contributed by atoms with Gasteiger partial charge in [0.25, 0.3) is 0 Å². The molecule has 2 aliphatic rings. The molecule has 0 saturated carbocycles. The number of amides is 2. The molecule has 0 unspecified atom stereocenters. The van der Waals surface area contributed by atoms with Crippen molar-refractivity contribution in [2.24, 2.45) is 5.10 Å². The number of nitrogens with one attached hydrogen (secondary N) is 2. The number of nitriles is 1. The Balaban J connectivity index is 1.33. The van der Waals surface area contributed by atoms with E-state index >= 15 is 0 Å². The fourth-order valence-electron chi connectivity index (χ4n) is 3.67. The van der Waals surface area contributed by atoms with Crippen molar-refractivity contribution < 1.29 is 14.3 Å². The maximum Gasteiger partial charge on any atom is 0.411 e. The van der Waals surface area contributed by atoms with Gasteiger partial charge in [-0.3, -0.25) is 15.0 Å². The summed E-state index contributed by atoms with van der Waals surface area (Å²) in [5, 5.41) is 20.8. The molecule has 2 aromatic rings. The van der Waals surface area contributed by atoms with E-state index in [0.717, 1.165) is 43.0 Å². The number of hydrogen-bond acceptors (Lipinski definition) is 8. The van der Waals surface area contributed by atoms with E-state index in [0.29, 0.717) is 30.2 Å². The summed E-state index contributed by atoms with van der Waals surface area (Å²) in [5.74, 6) is 0.475. The lowest BCUT2D eigenvalue weighted by molar-refractivity contribution is 0.134. The second-order valence-corrected chi connectivity index (χ2v) is 8.83. The monoisotopic (exact) mass is 478 g/mol. The Morgan fingerprint density at radius 3 is 2.76 bits per heavy atom. The maximum absolute atomic E-state index is 12.4. The van der Waals surface area contributed by atoms with E-state index in [1.54, 1.807) is 24.3 Å². The third-order valence-corrected chi connectivity index (χ3v) is 6.36. The number of piperazine rings is 1. The minimum atomic E-state index is -0.502. The van der Waals surface area contributed by atoms with E-state index in [4.69, 9.17) is 10.00 Å². The number of benzene rings is 2. The minimum Gasteiger partial charge on any atom is -0.448 e. The first kappa shape index (κ1) is 23.8. The first-order chi connectivity index (χ1) is 16.6. The molecule has 1 fully saturated rings. The zero-order valence-corrected chi connectivity index (χ0v) is 19.5. The molecule has 10 heteroatoms. The van der Waals surface area contributed by atoms with Crippen molar-refractivity contribution in [3.63, 3.8) is 0 Å². The van der Waals surface area contributed by atoms with Crippen molar-refractivity contribution in [2.45, 2.75) is 6.54 Å². The second kappa shape index (κ2) is 11.7. The number of hydrazone groups is 1. The van der Waals surface area contributed by atoms with E-state index in [1.165, 1.54) is 16.8 Å². The predicted octanol–water partition coefficient (Wildman–Crippen LogP) is 3.09. The van der Waals surface area contributed by atoms with Crippen LogP contribution in [0, 0.1) is 11.3 Å². The smallest absolute Gasteiger partial charge is 0.411 e. The maximum atomic E-state index is 12.4. The van der Waals surface area contributed by atoms with Crippen LogP contribution in [-0.2, 0) is 11.3 Å². The van der Waals surface area contributed by atoms with Gasteiger partial charge in [0.2, 0.25) is 0 Å². The van der Waals surface area contributed by atoms with Gasteiger partial charge in [-0.05, 0) is 35.4 Å². The van der Waals surface area contributed by atoms with E-state index < -0.39 is 6.09 Å². The molecule has 176 valence electrons. The van der Waals surface area contributed by atoms with Crippen LogP contribution in [0.4, 0.5) is 15.3 Å². The number of carbonyl (C=O) groups is 2. The molecule has 1 saturated heterocycles. The highest BCUT2D eigenvalue weighted by Gasteiger charge is 2.22. The molecule has 0 spiro atoms. The summed E-state index contributed by atoms with van der Waals surface area (Å²) in [6.07, 6.45) is -0.502. The van der Waals surface area contributed by atoms with Gasteiger partial charge in [0.15, 0.2) is 0 Å². The number of carbonyl (C=O) groups excluding carboxylic acids is 2. The van der Waals surface area contributed by atoms with Gasteiger partial charge < -0.3 is 10.1 Å². The quantitative estimate of drug-likeness (QED) is 0.629. The largest absolute Gasteiger partial charge is 0.448 e. The highest BCUT2D eigenvalue weighted by atomic mass is 32.2. The molecule has 2 aromatic carbocycles. The third kappa shape index (κ3) is 6.57. The van der Waals surface area contributed by atoms with Gasteiger partial charge in [0.1, 0.15) is 6.61 Å². The molecular formula is C24H26N6O3S. The topological polar surface area (TPSA) is 110 Å². The molecule has 0 atom stereocenters. The molecular weight excluding hydrogens is 452 g/mol. The molecule has 9 nitrogen and oxygen atoms in total. The van der Waals surface area contributed by atoms with Crippen LogP contribution < -0.4 is 10.6 Å². The summed E-state index contributed by atoms with van der Waals surface area (Å²) in [7, 11) is 0. The SMILES string of the molecule is N#Cc1ccc(C2=NN(Cc3cccc(NC(=O)OCCN4CCNCC4)c3)C(=O)SC2)cc1. The Bertz CT molecular complexity index is 1090. The fourth-order valence-corrected chi connectivity index (χ4v) is 4.41. The zero-order valence-electron chi connectivity index (χ0n) is 18.7. The summed E-state index contributed by atoms with van der Waals surface area (Å²) in [4.78, 5) is 26.9. The van der Waals surface area contributed by atoms with E-state index in [1.807, 2.05) is 24.3 Å². The van der Waals surface area contributed by atoms with Gasteiger partial charge in [-0.1, -0.05) is 36.0 Å². The Kier molecular flexibility index (Phi) is 8.14. The lowest BCUT2D eigenvalue weighted by Crippen LogP contribution is -2.44. The second-order valence-electron chi connectivity index (χ2n) is 7.90. The molecule has 0 aliphatic carbocycles. The third-order valence-electron chi connectivity index (χ3n) is 5.49. The van der Waals surface area contributed by atoms with Crippen LogP contribution in [0.5, 0.6) is 0 Å². The number of anilines is 1. The van der Waals surface area contributed by atoms with Crippen LogP contribution in [-0.4, -0.2) is 72.0 Å². The van der Waals surface area contributed by atoms with Crippen molar-refractivity contribution in [2.75, 3.05) is 50.4 Å². The molecule has 4 rings (SSSR count). The summed E-state index contributed by atoms with van der Waals surface area (Å²) < 4.78 is 5.31. The van der Waals surface area contributed by atoms with Crippen molar-refractivity contribution >= 4 is 34.5 Å². The van der Waals surface area contributed by atoms with Gasteiger partial charge >= 0.3 is 11.3 Å². The van der Waals surface area contributed by atoms with Gasteiger partial charge in [-0.2, -0.15) is 10.4 Å². The van der Waals surface area contributed by atoms with Gasteiger partial charge in [-0.15, -0.1) is 0 Å². The average molecular weight is 479 g/mol. The lowest BCUT2D eigenvalue weighted by Gasteiger charge is -2.26. The summed E-state index contributed by atoms with van der Waals surface area (Å²) in [5.41, 5.74) is 3.65. The Hall–Kier alpha value is -3.39. The van der Waals surface area contributed by atoms with Crippen molar-refractivity contribution in [3.8, 4) is 6.07 Å². The highest BCUT2D eigenvalue weighted by molar-refractivity contribution is 8.14. The van der Waals surface area contributed by atoms with Crippen LogP contribution >= 0.6 is 11.8 Å². The Labute approximate surface area is 202 Å². The Morgan fingerprint density at radius 1 is 1.21 bits per heavy atom. The van der Waals surface area contributed by atoms with E-state index in [9.17, 15) is 9.59 Å². The zero-order chi connectivity index (χ0) is 23.8. The number of thioether (sulfide) groups is 1. The number of nitrogens with zero attached hydrogens (tertiary/aromatic N) is 4. The van der Waals surface area contributed by atoms with Crippen LogP contribution in [0.15, 0.2) is 53.6 Å². The molecule has 0 radical (unpaired) electrons. The van der Waals surface area contributed by atoms with Crippen LogP contribution in [0.25, 0.3) is 0 Å². The molecule has 2 aliphatic heterocycles. The first-order valence-corrected chi connectivity index (χ1v) is 12.1. The normalized spacial score (nSPS) is 16.5. The van der Waals surface area contributed by atoms with E-state index in [-0.39, 0.29) is 11.8 Å². The standard InChI is InChI=1S/C24H26N6O3S/c25-15-18-4-6-20(7-5-18)22-17-34-24(32)30(28-22)16-19-2-1-3-21(14-19)27-23(31)33-13-12-29-10-8-26-9-11-29/h1-7,14,26H,8-13,16-17H2,(H,27,31). The summed E-state index contributed by atoms with van der Waals surface area (Å²) in [6, 6.07) is 16.5. The average Bonchev–Trinajstić information content (AvgIpc) is 2.86. The van der Waals surface area contributed by atoms with Crippen molar-refractivity contribution in [1.82, 2.24) is 15.2 Å². The molecule has 2 amide bonds. The van der Waals surface area contributed by atoms with Gasteiger partial charge in [-0.25, -0.2) is 9.80 Å². The van der Waals surface area contributed by atoms with Gasteiger partial charge in [0.05, 0.1) is 23.9 Å². The Morgan fingerprint density at radius 2 is 2.00 bits per heavy atom. The number of rotatable bonds is 7.